The van der Waals surface area contributed by atoms with E-state index < -0.39 is 11.9 Å². The largest absolute Gasteiger partial charge is 0.481 e. The van der Waals surface area contributed by atoms with Crippen LogP contribution in [0.2, 0.25) is 0 Å². The number of rotatable bonds is 4. The highest BCUT2D eigenvalue weighted by Gasteiger charge is 2.37. The SMILES string of the molecule is CCN(C(=O)[C@@H]1CCCC[C@H]1C(=O)O)c1ccccc1. The number of amides is 1. The van der Waals surface area contributed by atoms with Gasteiger partial charge in [0.25, 0.3) is 0 Å². The highest BCUT2D eigenvalue weighted by Crippen LogP contribution is 2.32. The molecule has 1 aromatic rings. The Balaban J connectivity index is 2.21. The van der Waals surface area contributed by atoms with Gasteiger partial charge in [-0.15, -0.1) is 0 Å². The van der Waals surface area contributed by atoms with E-state index in [1.807, 2.05) is 37.3 Å². The van der Waals surface area contributed by atoms with Gasteiger partial charge in [0, 0.05) is 12.2 Å². The maximum absolute atomic E-state index is 12.7. The minimum Gasteiger partial charge on any atom is -0.481 e. The van der Waals surface area contributed by atoms with Gasteiger partial charge < -0.3 is 10.0 Å². The van der Waals surface area contributed by atoms with Crippen LogP contribution in [0.4, 0.5) is 5.69 Å². The van der Waals surface area contributed by atoms with Crippen molar-refractivity contribution in [3.63, 3.8) is 0 Å². The van der Waals surface area contributed by atoms with Crippen molar-refractivity contribution in [2.45, 2.75) is 32.6 Å². The smallest absolute Gasteiger partial charge is 0.307 e. The summed E-state index contributed by atoms with van der Waals surface area (Å²) >= 11 is 0. The van der Waals surface area contributed by atoms with E-state index in [2.05, 4.69) is 0 Å². The molecule has 2 rings (SSSR count). The van der Waals surface area contributed by atoms with Crippen LogP contribution in [-0.2, 0) is 9.59 Å². The number of para-hydroxylation sites is 1. The number of anilines is 1. The molecule has 1 aliphatic carbocycles. The van der Waals surface area contributed by atoms with Crippen LogP contribution in [0, 0.1) is 11.8 Å². The monoisotopic (exact) mass is 275 g/mol. The standard InChI is InChI=1S/C16H21NO3/c1-2-17(12-8-4-3-5-9-12)15(18)13-10-6-7-11-14(13)16(19)20/h3-5,8-9,13-14H,2,6-7,10-11H2,1H3,(H,19,20)/t13-,14-/m1/s1. The molecule has 2 atom stereocenters. The molecule has 1 fully saturated rings. The first-order valence-corrected chi connectivity index (χ1v) is 7.24. The molecule has 0 saturated heterocycles. The minimum atomic E-state index is -0.841. The number of hydrogen-bond donors (Lipinski definition) is 1. The fourth-order valence-corrected chi connectivity index (χ4v) is 3.00. The molecular weight excluding hydrogens is 254 g/mol. The topological polar surface area (TPSA) is 57.6 Å². The zero-order valence-corrected chi connectivity index (χ0v) is 11.8. The predicted molar refractivity (Wildman–Crippen MR) is 77.6 cm³/mol. The average Bonchev–Trinajstić information content (AvgIpc) is 2.49. The second-order valence-corrected chi connectivity index (χ2v) is 5.25. The predicted octanol–water partition coefficient (Wildman–Crippen LogP) is 2.93. The molecule has 4 nitrogen and oxygen atoms in total. The van der Waals surface area contributed by atoms with Crippen molar-refractivity contribution in [2.24, 2.45) is 11.8 Å². The minimum absolute atomic E-state index is 0.0502. The second-order valence-electron chi connectivity index (χ2n) is 5.25. The number of carboxylic acid groups (broad SMARTS) is 1. The molecule has 0 unspecified atom stereocenters. The van der Waals surface area contributed by atoms with E-state index in [4.69, 9.17) is 0 Å². The van der Waals surface area contributed by atoms with Crippen molar-refractivity contribution >= 4 is 17.6 Å². The lowest BCUT2D eigenvalue weighted by molar-refractivity contribution is -0.148. The van der Waals surface area contributed by atoms with E-state index in [0.717, 1.165) is 18.5 Å². The molecule has 0 aliphatic heterocycles. The number of benzene rings is 1. The molecule has 0 heterocycles. The van der Waals surface area contributed by atoms with Crippen molar-refractivity contribution in [3.05, 3.63) is 30.3 Å². The number of carboxylic acids is 1. The lowest BCUT2D eigenvalue weighted by Crippen LogP contribution is -2.42. The fourth-order valence-electron chi connectivity index (χ4n) is 3.00. The highest BCUT2D eigenvalue weighted by molar-refractivity contribution is 5.97. The summed E-state index contributed by atoms with van der Waals surface area (Å²) in [7, 11) is 0. The third kappa shape index (κ3) is 3.00. The Bertz CT molecular complexity index is 472. The summed E-state index contributed by atoms with van der Waals surface area (Å²) in [6.45, 7) is 2.48. The van der Waals surface area contributed by atoms with Crippen LogP contribution in [0.15, 0.2) is 30.3 Å². The first kappa shape index (κ1) is 14.6. The van der Waals surface area contributed by atoms with Crippen LogP contribution in [-0.4, -0.2) is 23.5 Å². The van der Waals surface area contributed by atoms with Crippen LogP contribution in [0.3, 0.4) is 0 Å². The van der Waals surface area contributed by atoms with Gasteiger partial charge in [-0.3, -0.25) is 9.59 Å². The van der Waals surface area contributed by atoms with E-state index in [-0.39, 0.29) is 11.8 Å². The summed E-state index contributed by atoms with van der Waals surface area (Å²) in [5, 5.41) is 9.31. The van der Waals surface area contributed by atoms with Crippen molar-refractivity contribution in [1.29, 1.82) is 0 Å². The van der Waals surface area contributed by atoms with Gasteiger partial charge in [-0.05, 0) is 31.9 Å². The molecule has 20 heavy (non-hydrogen) atoms. The number of carbonyl (C=O) groups is 2. The van der Waals surface area contributed by atoms with Crippen LogP contribution in [0.25, 0.3) is 0 Å². The number of aliphatic carboxylic acids is 1. The fraction of sp³-hybridized carbons (Fsp3) is 0.500. The molecule has 108 valence electrons. The van der Waals surface area contributed by atoms with Gasteiger partial charge in [0.15, 0.2) is 0 Å². The normalized spacial score (nSPS) is 22.2. The highest BCUT2D eigenvalue weighted by atomic mass is 16.4. The Labute approximate surface area is 119 Å². The molecule has 0 spiro atoms. The van der Waals surface area contributed by atoms with Crippen molar-refractivity contribution in [3.8, 4) is 0 Å². The third-order valence-corrected chi connectivity index (χ3v) is 4.05. The van der Waals surface area contributed by atoms with Crippen molar-refractivity contribution in [1.82, 2.24) is 0 Å². The Hall–Kier alpha value is -1.84. The van der Waals surface area contributed by atoms with Crippen molar-refractivity contribution < 1.29 is 14.7 Å². The van der Waals surface area contributed by atoms with Gasteiger partial charge in [0.05, 0.1) is 11.8 Å². The average molecular weight is 275 g/mol. The van der Waals surface area contributed by atoms with E-state index in [1.54, 1.807) is 4.90 Å². The van der Waals surface area contributed by atoms with E-state index in [1.165, 1.54) is 0 Å². The first-order valence-electron chi connectivity index (χ1n) is 7.24. The number of nitrogens with zero attached hydrogens (tertiary/aromatic N) is 1. The Morgan fingerprint density at radius 1 is 1.15 bits per heavy atom. The summed E-state index contributed by atoms with van der Waals surface area (Å²) in [4.78, 5) is 25.8. The van der Waals surface area contributed by atoms with Gasteiger partial charge in [0.2, 0.25) is 5.91 Å². The number of hydrogen-bond acceptors (Lipinski definition) is 2. The molecule has 4 heteroatoms. The van der Waals surface area contributed by atoms with Crippen molar-refractivity contribution in [2.75, 3.05) is 11.4 Å². The van der Waals surface area contributed by atoms with Crippen LogP contribution >= 0.6 is 0 Å². The summed E-state index contributed by atoms with van der Waals surface area (Å²) in [6, 6.07) is 9.46. The van der Waals surface area contributed by atoms with Gasteiger partial charge in [-0.1, -0.05) is 31.0 Å². The molecule has 1 aromatic carbocycles. The molecule has 0 bridgehead atoms. The zero-order valence-electron chi connectivity index (χ0n) is 11.8. The van der Waals surface area contributed by atoms with E-state index in [0.29, 0.717) is 19.4 Å². The lowest BCUT2D eigenvalue weighted by atomic mass is 9.78. The van der Waals surface area contributed by atoms with Gasteiger partial charge in [0.1, 0.15) is 0 Å². The summed E-state index contributed by atoms with van der Waals surface area (Å²) in [6.07, 6.45) is 3.13. The second kappa shape index (κ2) is 6.55. The quantitative estimate of drug-likeness (QED) is 0.919. The number of carbonyl (C=O) groups excluding carboxylic acids is 1. The Morgan fingerprint density at radius 2 is 1.75 bits per heavy atom. The first-order chi connectivity index (χ1) is 9.65. The zero-order chi connectivity index (χ0) is 14.5. The maximum atomic E-state index is 12.7. The summed E-state index contributed by atoms with van der Waals surface area (Å²) < 4.78 is 0. The summed E-state index contributed by atoms with van der Waals surface area (Å²) in [5.74, 6) is -1.81. The Kier molecular flexibility index (Phi) is 4.77. The summed E-state index contributed by atoms with van der Waals surface area (Å²) in [5.41, 5.74) is 0.842. The van der Waals surface area contributed by atoms with E-state index >= 15 is 0 Å². The molecule has 0 radical (unpaired) electrons. The van der Waals surface area contributed by atoms with Crippen LogP contribution in [0.5, 0.6) is 0 Å². The molecule has 1 N–H and O–H groups in total. The Morgan fingerprint density at radius 3 is 2.30 bits per heavy atom. The maximum Gasteiger partial charge on any atom is 0.307 e. The van der Waals surface area contributed by atoms with Crippen LogP contribution in [0.1, 0.15) is 32.6 Å². The van der Waals surface area contributed by atoms with E-state index in [9.17, 15) is 14.7 Å². The van der Waals surface area contributed by atoms with Crippen LogP contribution < -0.4 is 4.90 Å². The molecule has 0 aromatic heterocycles. The van der Waals surface area contributed by atoms with Gasteiger partial charge in [-0.2, -0.15) is 0 Å². The lowest BCUT2D eigenvalue weighted by Gasteiger charge is -2.32. The van der Waals surface area contributed by atoms with Gasteiger partial charge >= 0.3 is 5.97 Å². The molecule has 1 amide bonds. The molecular formula is C16H21NO3. The molecule has 1 aliphatic rings. The van der Waals surface area contributed by atoms with Gasteiger partial charge in [-0.25, -0.2) is 0 Å². The molecule has 1 saturated carbocycles. The third-order valence-electron chi connectivity index (χ3n) is 4.05.